The first-order chi connectivity index (χ1) is 7.16. The normalized spacial score (nSPS) is 32.6. The van der Waals surface area contributed by atoms with Gasteiger partial charge in [-0.2, -0.15) is 0 Å². The summed E-state index contributed by atoms with van der Waals surface area (Å²) >= 11 is 0. The van der Waals surface area contributed by atoms with Crippen LogP contribution in [-0.2, 0) is 4.79 Å². The van der Waals surface area contributed by atoms with Crippen LogP contribution in [0.15, 0.2) is 24.3 Å². The van der Waals surface area contributed by atoms with Crippen molar-refractivity contribution in [1.29, 1.82) is 0 Å². The summed E-state index contributed by atoms with van der Waals surface area (Å²) in [6, 6.07) is 7.98. The molecule has 0 spiro atoms. The lowest BCUT2D eigenvalue weighted by Crippen LogP contribution is -2.57. The van der Waals surface area contributed by atoms with Crippen molar-refractivity contribution in [3.63, 3.8) is 0 Å². The van der Waals surface area contributed by atoms with Crippen molar-refractivity contribution in [1.82, 2.24) is 5.32 Å². The predicted octanol–water partition coefficient (Wildman–Crippen LogP) is 1.79. The van der Waals surface area contributed by atoms with E-state index in [9.17, 15) is 4.79 Å². The minimum Gasteiger partial charge on any atom is -0.468 e. The Labute approximate surface area is 88.4 Å². The zero-order chi connectivity index (χ0) is 10.5. The van der Waals surface area contributed by atoms with E-state index in [1.807, 2.05) is 25.1 Å². The molecular weight excluding hydrogens is 190 g/mol. The van der Waals surface area contributed by atoms with Crippen LogP contribution in [0, 0.1) is 0 Å². The van der Waals surface area contributed by atoms with Crippen LogP contribution in [0.5, 0.6) is 5.75 Å². The van der Waals surface area contributed by atoms with Crippen LogP contribution in [0.2, 0.25) is 0 Å². The maximum Gasteiger partial charge on any atom is 0.223 e. The first-order valence-corrected chi connectivity index (χ1v) is 5.25. The zero-order valence-electron chi connectivity index (χ0n) is 8.62. The van der Waals surface area contributed by atoms with Crippen LogP contribution in [-0.4, -0.2) is 11.6 Å². The number of hydrogen-bond donors (Lipinski definition) is 1. The molecule has 0 aromatic heterocycles. The number of amides is 1. The molecule has 3 nitrogen and oxygen atoms in total. The molecule has 0 radical (unpaired) electrons. The molecular formula is C12H13NO2. The van der Waals surface area contributed by atoms with Crippen LogP contribution in [0.1, 0.15) is 31.2 Å². The molecule has 78 valence electrons. The summed E-state index contributed by atoms with van der Waals surface area (Å²) in [5, 5.41) is 2.90. The summed E-state index contributed by atoms with van der Waals surface area (Å²) in [5.74, 6) is 1.31. The first kappa shape index (κ1) is 8.77. The van der Waals surface area contributed by atoms with Crippen LogP contribution in [0.3, 0.4) is 0 Å². The molecule has 2 unspecified atom stereocenters. The van der Waals surface area contributed by atoms with Gasteiger partial charge in [0.15, 0.2) is 5.72 Å². The van der Waals surface area contributed by atoms with Crippen molar-refractivity contribution >= 4 is 5.91 Å². The number of rotatable bonds is 0. The van der Waals surface area contributed by atoms with Gasteiger partial charge in [-0.15, -0.1) is 0 Å². The molecule has 0 saturated carbocycles. The summed E-state index contributed by atoms with van der Waals surface area (Å²) < 4.78 is 5.83. The highest BCUT2D eigenvalue weighted by molar-refractivity contribution is 5.79. The zero-order valence-corrected chi connectivity index (χ0v) is 8.62. The smallest absolute Gasteiger partial charge is 0.223 e. The minimum atomic E-state index is -0.506. The Kier molecular flexibility index (Phi) is 1.61. The summed E-state index contributed by atoms with van der Waals surface area (Å²) in [5.41, 5.74) is 0.666. The van der Waals surface area contributed by atoms with E-state index in [2.05, 4.69) is 11.4 Å². The summed E-state index contributed by atoms with van der Waals surface area (Å²) in [6.07, 6.45) is 1.45. The van der Waals surface area contributed by atoms with Gasteiger partial charge in [0.05, 0.1) is 0 Å². The number of hydrogen-bond acceptors (Lipinski definition) is 2. The molecule has 2 aliphatic heterocycles. The van der Waals surface area contributed by atoms with Gasteiger partial charge in [0.25, 0.3) is 0 Å². The van der Waals surface area contributed by atoms with Crippen LogP contribution < -0.4 is 10.1 Å². The average Bonchev–Trinajstić information content (AvgIpc) is 2.15. The van der Waals surface area contributed by atoms with E-state index in [0.29, 0.717) is 12.3 Å². The number of carbonyl (C=O) groups is 1. The standard InChI is InChI=1S/C12H13NO2/c1-12-7-8(6-11(14)13-12)9-4-2-3-5-10(9)15-12/h2-5,8H,6-7H2,1H3,(H,13,14). The Balaban J connectivity index is 2.10. The first-order valence-electron chi connectivity index (χ1n) is 5.25. The highest BCUT2D eigenvalue weighted by atomic mass is 16.5. The van der Waals surface area contributed by atoms with E-state index in [1.165, 1.54) is 5.56 Å². The Hall–Kier alpha value is -1.51. The number of piperidine rings is 1. The van der Waals surface area contributed by atoms with Gasteiger partial charge in [-0.05, 0) is 18.6 Å². The fourth-order valence-corrected chi connectivity index (χ4v) is 2.60. The van der Waals surface area contributed by atoms with Gasteiger partial charge in [-0.25, -0.2) is 0 Å². The molecule has 3 heteroatoms. The quantitative estimate of drug-likeness (QED) is 0.698. The molecule has 2 bridgehead atoms. The number of carbonyl (C=O) groups excluding carboxylic acids is 1. The predicted molar refractivity (Wildman–Crippen MR) is 55.6 cm³/mol. The summed E-state index contributed by atoms with van der Waals surface area (Å²) in [6.45, 7) is 1.94. The van der Waals surface area contributed by atoms with Crippen LogP contribution in [0.25, 0.3) is 0 Å². The third-order valence-electron chi connectivity index (χ3n) is 3.17. The molecule has 1 aromatic carbocycles. The Morgan fingerprint density at radius 2 is 2.27 bits per heavy atom. The van der Waals surface area contributed by atoms with E-state index in [1.54, 1.807) is 0 Å². The van der Waals surface area contributed by atoms with Crippen LogP contribution in [0.4, 0.5) is 0 Å². The third kappa shape index (κ3) is 1.30. The minimum absolute atomic E-state index is 0.0863. The second-order valence-electron chi connectivity index (χ2n) is 4.52. The number of ether oxygens (including phenoxy) is 1. The molecule has 0 aliphatic carbocycles. The van der Waals surface area contributed by atoms with E-state index < -0.39 is 5.72 Å². The number of benzene rings is 1. The fraction of sp³-hybridized carbons (Fsp3) is 0.417. The maximum absolute atomic E-state index is 11.5. The van der Waals surface area contributed by atoms with Crippen LogP contribution >= 0.6 is 0 Å². The second kappa shape index (κ2) is 2.75. The van der Waals surface area contributed by atoms with Crippen molar-refractivity contribution in [2.24, 2.45) is 0 Å². The van der Waals surface area contributed by atoms with Gasteiger partial charge >= 0.3 is 0 Å². The van der Waals surface area contributed by atoms with Gasteiger partial charge < -0.3 is 10.1 Å². The molecule has 1 N–H and O–H groups in total. The lowest BCUT2D eigenvalue weighted by molar-refractivity contribution is -0.133. The van der Waals surface area contributed by atoms with Gasteiger partial charge in [0.1, 0.15) is 5.75 Å². The summed E-state index contributed by atoms with van der Waals surface area (Å²) in [7, 11) is 0. The molecule has 1 fully saturated rings. The highest BCUT2D eigenvalue weighted by Crippen LogP contribution is 2.43. The average molecular weight is 203 g/mol. The Bertz CT molecular complexity index is 429. The van der Waals surface area contributed by atoms with E-state index in [-0.39, 0.29) is 5.91 Å². The van der Waals surface area contributed by atoms with Crippen molar-refractivity contribution in [3.8, 4) is 5.75 Å². The second-order valence-corrected chi connectivity index (χ2v) is 4.52. The maximum atomic E-state index is 11.5. The molecule has 1 aromatic rings. The van der Waals surface area contributed by atoms with E-state index in [0.717, 1.165) is 12.2 Å². The molecule has 2 aliphatic rings. The third-order valence-corrected chi connectivity index (χ3v) is 3.17. The van der Waals surface area contributed by atoms with Crippen molar-refractivity contribution in [2.45, 2.75) is 31.4 Å². The monoisotopic (exact) mass is 203 g/mol. The molecule has 2 atom stereocenters. The Morgan fingerprint density at radius 1 is 1.47 bits per heavy atom. The van der Waals surface area contributed by atoms with Crippen molar-refractivity contribution in [2.75, 3.05) is 0 Å². The Morgan fingerprint density at radius 3 is 3.13 bits per heavy atom. The number of para-hydroxylation sites is 1. The van der Waals surface area contributed by atoms with E-state index >= 15 is 0 Å². The molecule has 3 rings (SSSR count). The number of nitrogens with one attached hydrogen (secondary N) is 1. The fourth-order valence-electron chi connectivity index (χ4n) is 2.60. The molecule has 2 heterocycles. The van der Waals surface area contributed by atoms with Gasteiger partial charge in [-0.1, -0.05) is 18.2 Å². The highest BCUT2D eigenvalue weighted by Gasteiger charge is 2.43. The topological polar surface area (TPSA) is 38.3 Å². The van der Waals surface area contributed by atoms with Gasteiger partial charge in [-0.3, -0.25) is 4.79 Å². The molecule has 15 heavy (non-hydrogen) atoms. The lowest BCUT2D eigenvalue weighted by Gasteiger charge is -2.43. The lowest BCUT2D eigenvalue weighted by atomic mass is 9.82. The van der Waals surface area contributed by atoms with Gasteiger partial charge in [0.2, 0.25) is 5.91 Å². The molecule has 1 amide bonds. The largest absolute Gasteiger partial charge is 0.468 e. The van der Waals surface area contributed by atoms with E-state index in [4.69, 9.17) is 4.74 Å². The number of fused-ring (bicyclic) bond motifs is 4. The van der Waals surface area contributed by atoms with Crippen molar-refractivity contribution in [3.05, 3.63) is 29.8 Å². The molecule has 1 saturated heterocycles. The van der Waals surface area contributed by atoms with Crippen molar-refractivity contribution < 1.29 is 9.53 Å². The SMILES string of the molecule is CC12CC(CC(=O)N1)c1ccccc1O2. The van der Waals surface area contributed by atoms with Gasteiger partial charge in [0, 0.05) is 18.8 Å². The summed E-state index contributed by atoms with van der Waals surface area (Å²) in [4.78, 5) is 11.5.